The van der Waals surface area contributed by atoms with E-state index in [0.29, 0.717) is 0 Å². The average molecular weight is 237 g/mol. The topological polar surface area (TPSA) is 3.01 Å². The van der Waals surface area contributed by atoms with Crippen molar-refractivity contribution >= 4 is 0 Å². The summed E-state index contributed by atoms with van der Waals surface area (Å²) in [5, 5.41) is 0. The van der Waals surface area contributed by atoms with E-state index in [2.05, 4.69) is 72.5 Å². The average Bonchev–Trinajstić information content (AvgIpc) is 3.17. The van der Waals surface area contributed by atoms with Gasteiger partial charge in [0.15, 0.2) is 0 Å². The van der Waals surface area contributed by atoms with Gasteiger partial charge >= 0.3 is 0 Å². The first-order valence-electron chi connectivity index (χ1n) is 6.74. The lowest BCUT2D eigenvalue weighted by Crippen LogP contribution is -2.18. The van der Waals surface area contributed by atoms with Gasteiger partial charge in [0.2, 0.25) is 0 Å². The second-order valence-corrected chi connectivity index (χ2v) is 5.01. The van der Waals surface area contributed by atoms with Crippen LogP contribution in [0.1, 0.15) is 24.5 Å². The third kappa shape index (κ3) is 1.75. The van der Waals surface area contributed by atoms with Gasteiger partial charge in [0.25, 0.3) is 0 Å². The van der Waals surface area contributed by atoms with E-state index in [1.165, 1.54) is 24.1 Å². The van der Waals surface area contributed by atoms with Gasteiger partial charge in [-0.15, -0.1) is 0 Å². The van der Waals surface area contributed by atoms with E-state index < -0.39 is 0 Å². The summed E-state index contributed by atoms with van der Waals surface area (Å²) in [4.78, 5) is 2.57. The molecule has 1 aliphatic heterocycles. The van der Waals surface area contributed by atoms with Crippen LogP contribution in [0.4, 0.5) is 0 Å². The van der Waals surface area contributed by atoms with Crippen LogP contribution >= 0.6 is 0 Å². The monoisotopic (exact) mass is 237 g/mol. The molecule has 2 aromatic carbocycles. The highest BCUT2D eigenvalue weighted by Gasteiger charge is 2.53. The van der Waals surface area contributed by atoms with Crippen molar-refractivity contribution in [2.75, 3.05) is 13.1 Å². The summed E-state index contributed by atoms with van der Waals surface area (Å²) in [7, 11) is 0. The zero-order valence-corrected chi connectivity index (χ0v) is 10.8. The van der Waals surface area contributed by atoms with Gasteiger partial charge in [0.1, 0.15) is 0 Å². The maximum atomic E-state index is 2.57. The molecule has 1 nitrogen and oxygen atoms in total. The lowest BCUT2D eigenvalue weighted by atomic mass is 9.91. The number of hydrogen-bond acceptors (Lipinski definition) is 1. The molecule has 3 rings (SSSR count). The van der Waals surface area contributed by atoms with Crippen LogP contribution in [0.5, 0.6) is 0 Å². The predicted molar refractivity (Wildman–Crippen MR) is 75.5 cm³/mol. The van der Waals surface area contributed by atoms with Gasteiger partial charge in [-0.25, -0.2) is 0 Å². The summed E-state index contributed by atoms with van der Waals surface area (Å²) < 4.78 is 0. The van der Waals surface area contributed by atoms with Crippen molar-refractivity contribution in [1.82, 2.24) is 4.90 Å². The molecule has 1 atom stereocenters. The van der Waals surface area contributed by atoms with Crippen molar-refractivity contribution < 1.29 is 0 Å². The van der Waals surface area contributed by atoms with Crippen LogP contribution in [0.25, 0.3) is 0 Å². The quantitative estimate of drug-likeness (QED) is 0.733. The highest BCUT2D eigenvalue weighted by atomic mass is 15.4. The van der Waals surface area contributed by atoms with Crippen molar-refractivity contribution in [3.8, 4) is 0 Å². The molecule has 0 aliphatic carbocycles. The maximum absolute atomic E-state index is 2.57. The van der Waals surface area contributed by atoms with E-state index in [0.717, 1.165) is 6.54 Å². The molecule has 0 amide bonds. The Morgan fingerprint density at radius 1 is 0.889 bits per heavy atom. The lowest BCUT2D eigenvalue weighted by Gasteiger charge is -2.19. The molecule has 1 unspecified atom stereocenters. The zero-order chi connectivity index (χ0) is 12.4. The summed E-state index contributed by atoms with van der Waals surface area (Å²) in [5.74, 6) is 0. The van der Waals surface area contributed by atoms with Gasteiger partial charge in [0, 0.05) is 6.54 Å². The number of rotatable bonds is 4. The Labute approximate surface area is 109 Å². The highest BCUT2D eigenvalue weighted by Crippen LogP contribution is 2.48. The molecule has 0 saturated carbocycles. The summed E-state index contributed by atoms with van der Waals surface area (Å²) in [6.45, 7) is 4.57. The SMILES string of the molecule is CCCN1CC1(c1ccccc1)c1ccccc1. The Morgan fingerprint density at radius 3 is 1.83 bits per heavy atom. The van der Waals surface area contributed by atoms with Gasteiger partial charge in [-0.3, -0.25) is 4.90 Å². The first kappa shape index (κ1) is 11.5. The molecule has 0 bridgehead atoms. The number of hydrogen-bond donors (Lipinski definition) is 0. The van der Waals surface area contributed by atoms with E-state index in [1.807, 2.05) is 0 Å². The minimum absolute atomic E-state index is 0.137. The van der Waals surface area contributed by atoms with Gasteiger partial charge < -0.3 is 0 Å². The van der Waals surface area contributed by atoms with E-state index >= 15 is 0 Å². The molecule has 0 radical (unpaired) electrons. The summed E-state index contributed by atoms with van der Waals surface area (Å²) >= 11 is 0. The molecular weight excluding hydrogens is 218 g/mol. The predicted octanol–water partition coefficient (Wildman–Crippen LogP) is 3.66. The molecule has 1 aliphatic rings. The Hall–Kier alpha value is -1.60. The van der Waals surface area contributed by atoms with Crippen molar-refractivity contribution in [3.05, 3.63) is 71.8 Å². The van der Waals surface area contributed by atoms with Crippen molar-refractivity contribution in [3.63, 3.8) is 0 Å². The molecule has 0 aromatic heterocycles. The minimum Gasteiger partial charge on any atom is -0.286 e. The second kappa shape index (κ2) is 4.58. The maximum Gasteiger partial charge on any atom is 0.0845 e. The Morgan fingerprint density at radius 2 is 1.39 bits per heavy atom. The fourth-order valence-electron chi connectivity index (χ4n) is 2.92. The molecule has 1 heterocycles. The van der Waals surface area contributed by atoms with E-state index in [4.69, 9.17) is 0 Å². The first-order valence-corrected chi connectivity index (χ1v) is 6.74. The number of nitrogens with zero attached hydrogens (tertiary/aromatic N) is 1. The fraction of sp³-hybridized carbons (Fsp3) is 0.294. The van der Waals surface area contributed by atoms with E-state index in [9.17, 15) is 0 Å². The third-order valence-corrected chi connectivity index (χ3v) is 3.85. The van der Waals surface area contributed by atoms with Crippen LogP contribution in [0, 0.1) is 0 Å². The Balaban J connectivity index is 2.02. The Kier molecular flexibility index (Phi) is 2.92. The molecule has 1 saturated heterocycles. The largest absolute Gasteiger partial charge is 0.286 e. The van der Waals surface area contributed by atoms with E-state index in [-0.39, 0.29) is 5.54 Å². The molecule has 0 spiro atoms. The van der Waals surface area contributed by atoms with Crippen molar-refractivity contribution in [2.24, 2.45) is 0 Å². The van der Waals surface area contributed by atoms with Crippen LogP contribution in [0.3, 0.4) is 0 Å². The first-order chi connectivity index (χ1) is 8.88. The van der Waals surface area contributed by atoms with Gasteiger partial charge in [-0.1, -0.05) is 67.6 Å². The van der Waals surface area contributed by atoms with Gasteiger partial charge in [-0.05, 0) is 24.1 Å². The molecule has 0 N–H and O–H groups in total. The Bertz CT molecular complexity index is 464. The molecular formula is C17H19N. The van der Waals surface area contributed by atoms with Crippen LogP contribution in [-0.4, -0.2) is 18.0 Å². The second-order valence-electron chi connectivity index (χ2n) is 5.01. The molecule has 92 valence electrons. The van der Waals surface area contributed by atoms with Crippen LogP contribution < -0.4 is 0 Å². The lowest BCUT2D eigenvalue weighted by molar-refractivity contribution is 0.452. The summed E-state index contributed by atoms with van der Waals surface area (Å²) in [5.41, 5.74) is 2.98. The van der Waals surface area contributed by atoms with Crippen LogP contribution in [0.15, 0.2) is 60.7 Å². The zero-order valence-electron chi connectivity index (χ0n) is 10.8. The standard InChI is InChI=1S/C17H19N/c1-2-13-18-14-17(18,15-9-5-3-6-10-15)16-11-7-4-8-12-16/h3-12H,2,13-14H2,1H3. The normalized spacial score (nSPS) is 20.6. The highest BCUT2D eigenvalue weighted by molar-refractivity contribution is 5.44. The molecule has 1 fully saturated rings. The molecule has 18 heavy (non-hydrogen) atoms. The third-order valence-electron chi connectivity index (χ3n) is 3.85. The molecule has 1 heteroatoms. The summed E-state index contributed by atoms with van der Waals surface area (Å²) in [6, 6.07) is 21.8. The summed E-state index contributed by atoms with van der Waals surface area (Å²) in [6.07, 6.45) is 1.21. The van der Waals surface area contributed by atoms with Crippen molar-refractivity contribution in [2.45, 2.75) is 18.9 Å². The minimum atomic E-state index is 0.137. The van der Waals surface area contributed by atoms with Gasteiger partial charge in [0.05, 0.1) is 5.54 Å². The van der Waals surface area contributed by atoms with Gasteiger partial charge in [-0.2, -0.15) is 0 Å². The molecule has 2 aromatic rings. The van der Waals surface area contributed by atoms with E-state index in [1.54, 1.807) is 0 Å². The van der Waals surface area contributed by atoms with Crippen LogP contribution in [0.2, 0.25) is 0 Å². The smallest absolute Gasteiger partial charge is 0.0845 e. The number of benzene rings is 2. The fourth-order valence-corrected chi connectivity index (χ4v) is 2.92. The van der Waals surface area contributed by atoms with Crippen LogP contribution in [-0.2, 0) is 5.54 Å². The van der Waals surface area contributed by atoms with Crippen molar-refractivity contribution in [1.29, 1.82) is 0 Å².